The molecule has 0 aliphatic heterocycles. The van der Waals surface area contributed by atoms with Crippen LogP contribution in [-0.2, 0) is 20.9 Å². The molecule has 0 N–H and O–H groups in total. The molecule has 0 unspecified atom stereocenters. The van der Waals surface area contributed by atoms with E-state index in [1.54, 1.807) is 54.0 Å². The molecule has 0 saturated carbocycles. The minimum atomic E-state index is -0.481. The van der Waals surface area contributed by atoms with Gasteiger partial charge in [0.15, 0.2) is 11.4 Å². The zero-order valence-electron chi connectivity index (χ0n) is 14.9. The number of benzene rings is 2. The van der Waals surface area contributed by atoms with Crippen molar-refractivity contribution in [3.63, 3.8) is 0 Å². The Balaban J connectivity index is 1.87. The Hall–Kier alpha value is -2.35. The van der Waals surface area contributed by atoms with Gasteiger partial charge in [-0.05, 0) is 49.4 Å². The van der Waals surface area contributed by atoms with Crippen LogP contribution in [0.4, 0.5) is 0 Å². The van der Waals surface area contributed by atoms with Crippen LogP contribution in [0.2, 0.25) is 10.0 Å². The number of amides is 1. The fourth-order valence-corrected chi connectivity index (χ4v) is 3.88. The summed E-state index contributed by atoms with van der Waals surface area (Å²) in [5.74, 6) is -0.385. The molecule has 0 atom stereocenters. The SMILES string of the molecule is CCOC(=O)Cn1c(=NC(=O)COc2ccc(Cl)cc2)sc2cc(Cl)ccc21. The van der Waals surface area contributed by atoms with Crippen LogP contribution in [0.5, 0.6) is 5.75 Å². The van der Waals surface area contributed by atoms with Gasteiger partial charge in [0.2, 0.25) is 0 Å². The summed E-state index contributed by atoms with van der Waals surface area (Å²) in [5, 5.41) is 1.13. The Morgan fingerprint density at radius 2 is 1.82 bits per heavy atom. The normalized spacial score (nSPS) is 11.6. The van der Waals surface area contributed by atoms with Crippen molar-refractivity contribution in [1.29, 1.82) is 0 Å². The molecule has 0 bridgehead atoms. The predicted molar refractivity (Wildman–Crippen MR) is 109 cm³/mol. The Morgan fingerprint density at radius 3 is 2.54 bits per heavy atom. The maximum atomic E-state index is 12.3. The van der Waals surface area contributed by atoms with E-state index in [0.717, 1.165) is 10.2 Å². The number of aromatic nitrogens is 1. The average molecular weight is 439 g/mol. The van der Waals surface area contributed by atoms with E-state index < -0.39 is 11.9 Å². The molecule has 0 fully saturated rings. The number of thiazole rings is 1. The number of carbonyl (C=O) groups is 2. The Labute approximate surface area is 174 Å². The highest BCUT2D eigenvalue weighted by Crippen LogP contribution is 2.22. The lowest BCUT2D eigenvalue weighted by Gasteiger charge is -2.05. The number of hydrogen-bond acceptors (Lipinski definition) is 5. The molecule has 1 heterocycles. The molecule has 0 saturated heterocycles. The number of hydrogen-bond donors (Lipinski definition) is 0. The first-order chi connectivity index (χ1) is 13.5. The first-order valence-electron chi connectivity index (χ1n) is 8.36. The van der Waals surface area contributed by atoms with Crippen molar-refractivity contribution >= 4 is 56.6 Å². The molecule has 6 nitrogen and oxygen atoms in total. The van der Waals surface area contributed by atoms with Gasteiger partial charge in [0.25, 0.3) is 5.91 Å². The predicted octanol–water partition coefficient (Wildman–Crippen LogP) is 4.08. The number of esters is 1. The molecule has 0 radical (unpaired) electrons. The second-order valence-corrected chi connectivity index (χ2v) is 7.52. The van der Waals surface area contributed by atoms with E-state index in [-0.39, 0.29) is 19.8 Å². The van der Waals surface area contributed by atoms with Gasteiger partial charge in [-0.25, -0.2) is 0 Å². The number of rotatable bonds is 6. The molecular weight excluding hydrogens is 423 g/mol. The van der Waals surface area contributed by atoms with E-state index in [9.17, 15) is 9.59 Å². The Bertz CT molecular complexity index is 1070. The van der Waals surface area contributed by atoms with E-state index >= 15 is 0 Å². The lowest BCUT2D eigenvalue weighted by molar-refractivity contribution is -0.143. The number of ether oxygens (including phenoxy) is 2. The topological polar surface area (TPSA) is 69.9 Å². The highest BCUT2D eigenvalue weighted by Gasteiger charge is 2.13. The van der Waals surface area contributed by atoms with E-state index in [1.807, 2.05) is 0 Å². The summed E-state index contributed by atoms with van der Waals surface area (Å²) in [5.41, 5.74) is 0.743. The minimum Gasteiger partial charge on any atom is -0.484 e. The van der Waals surface area contributed by atoms with Crippen molar-refractivity contribution in [2.75, 3.05) is 13.2 Å². The maximum Gasteiger partial charge on any atom is 0.326 e. The molecule has 3 rings (SSSR count). The smallest absolute Gasteiger partial charge is 0.326 e. The van der Waals surface area contributed by atoms with Gasteiger partial charge in [-0.15, -0.1) is 0 Å². The van der Waals surface area contributed by atoms with Crippen LogP contribution >= 0.6 is 34.5 Å². The summed E-state index contributed by atoms with van der Waals surface area (Å²) in [6, 6.07) is 11.9. The lowest BCUT2D eigenvalue weighted by Crippen LogP contribution is -2.24. The summed E-state index contributed by atoms with van der Waals surface area (Å²) >= 11 is 13.1. The zero-order valence-corrected chi connectivity index (χ0v) is 17.2. The Kier molecular flexibility index (Phi) is 6.72. The molecule has 9 heteroatoms. The van der Waals surface area contributed by atoms with Gasteiger partial charge in [0.1, 0.15) is 12.3 Å². The van der Waals surface area contributed by atoms with Gasteiger partial charge in [-0.3, -0.25) is 9.59 Å². The van der Waals surface area contributed by atoms with Crippen molar-refractivity contribution < 1.29 is 19.1 Å². The summed E-state index contributed by atoms with van der Waals surface area (Å²) in [4.78, 5) is 28.7. The number of carbonyl (C=O) groups excluding carboxylic acids is 2. The van der Waals surface area contributed by atoms with E-state index in [2.05, 4.69) is 4.99 Å². The van der Waals surface area contributed by atoms with E-state index in [0.29, 0.717) is 20.6 Å². The van der Waals surface area contributed by atoms with Crippen LogP contribution in [0.3, 0.4) is 0 Å². The fourth-order valence-electron chi connectivity index (χ4n) is 2.44. The fraction of sp³-hybridized carbons (Fsp3) is 0.211. The third-order valence-electron chi connectivity index (χ3n) is 3.63. The zero-order chi connectivity index (χ0) is 20.1. The molecule has 28 heavy (non-hydrogen) atoms. The van der Waals surface area contributed by atoms with Gasteiger partial charge >= 0.3 is 5.97 Å². The Morgan fingerprint density at radius 1 is 1.11 bits per heavy atom. The first kappa shape index (κ1) is 20.4. The van der Waals surface area contributed by atoms with Crippen molar-refractivity contribution in [2.24, 2.45) is 4.99 Å². The van der Waals surface area contributed by atoms with Gasteiger partial charge in [0.05, 0.1) is 16.8 Å². The van der Waals surface area contributed by atoms with Crippen molar-refractivity contribution in [3.05, 3.63) is 57.3 Å². The van der Waals surface area contributed by atoms with Crippen LogP contribution in [-0.4, -0.2) is 29.7 Å². The quantitative estimate of drug-likeness (QED) is 0.543. The van der Waals surface area contributed by atoms with Gasteiger partial charge in [0, 0.05) is 10.0 Å². The average Bonchev–Trinajstić information content (AvgIpc) is 2.97. The minimum absolute atomic E-state index is 0.0559. The molecule has 1 amide bonds. The molecular formula is C19H16Cl2N2O4S. The molecule has 0 aliphatic carbocycles. The van der Waals surface area contributed by atoms with E-state index in [1.165, 1.54) is 11.3 Å². The second-order valence-electron chi connectivity index (χ2n) is 5.64. The molecule has 0 spiro atoms. The van der Waals surface area contributed by atoms with Crippen molar-refractivity contribution in [1.82, 2.24) is 4.57 Å². The van der Waals surface area contributed by atoms with Crippen LogP contribution in [0, 0.1) is 0 Å². The highest BCUT2D eigenvalue weighted by molar-refractivity contribution is 7.16. The molecule has 3 aromatic rings. The summed E-state index contributed by atoms with van der Waals surface area (Å²) < 4.78 is 12.9. The number of fused-ring (bicyclic) bond motifs is 1. The largest absolute Gasteiger partial charge is 0.484 e. The number of halogens is 2. The number of nitrogens with zero attached hydrogens (tertiary/aromatic N) is 2. The molecule has 2 aromatic carbocycles. The van der Waals surface area contributed by atoms with Crippen LogP contribution < -0.4 is 9.54 Å². The van der Waals surface area contributed by atoms with Crippen LogP contribution in [0.25, 0.3) is 10.2 Å². The summed E-state index contributed by atoms with van der Waals surface area (Å²) in [7, 11) is 0. The second kappa shape index (κ2) is 9.23. The van der Waals surface area contributed by atoms with Gasteiger partial charge in [-0.1, -0.05) is 34.5 Å². The van der Waals surface area contributed by atoms with Gasteiger partial charge in [-0.2, -0.15) is 4.99 Å². The lowest BCUT2D eigenvalue weighted by atomic mass is 10.3. The standard InChI is InChI=1S/C19H16Cl2N2O4S/c1-2-26-18(25)10-23-15-8-5-13(21)9-16(15)28-19(23)22-17(24)11-27-14-6-3-12(20)4-7-14/h3-9H,2,10-11H2,1H3. The monoisotopic (exact) mass is 438 g/mol. The molecule has 146 valence electrons. The summed E-state index contributed by atoms with van der Waals surface area (Å²) in [6.45, 7) is 1.71. The maximum absolute atomic E-state index is 12.3. The summed E-state index contributed by atoms with van der Waals surface area (Å²) in [6.07, 6.45) is 0. The molecule has 1 aromatic heterocycles. The van der Waals surface area contributed by atoms with Crippen molar-refractivity contribution in [3.8, 4) is 5.75 Å². The van der Waals surface area contributed by atoms with Crippen LogP contribution in [0.1, 0.15) is 6.92 Å². The third kappa shape index (κ3) is 5.13. The first-order valence-corrected chi connectivity index (χ1v) is 9.94. The van der Waals surface area contributed by atoms with E-state index in [4.69, 9.17) is 32.7 Å². The van der Waals surface area contributed by atoms with Gasteiger partial charge < -0.3 is 14.0 Å². The van der Waals surface area contributed by atoms with Crippen molar-refractivity contribution in [2.45, 2.75) is 13.5 Å². The van der Waals surface area contributed by atoms with Crippen LogP contribution in [0.15, 0.2) is 47.5 Å². The highest BCUT2D eigenvalue weighted by atomic mass is 35.5. The third-order valence-corrected chi connectivity index (χ3v) is 5.16. The molecule has 0 aliphatic rings.